The van der Waals surface area contributed by atoms with Crippen molar-refractivity contribution in [1.82, 2.24) is 9.80 Å². The summed E-state index contributed by atoms with van der Waals surface area (Å²) in [7, 11) is 0. The number of hydrogen-bond acceptors (Lipinski definition) is 4. The van der Waals surface area contributed by atoms with Crippen LogP contribution in [0.15, 0.2) is 34.7 Å². The van der Waals surface area contributed by atoms with Crippen molar-refractivity contribution in [1.29, 1.82) is 0 Å². The average molecular weight is 288 g/mol. The maximum atomic E-state index is 12.4. The SMILES string of the molecule is O=C(CO)N1CCN(C(=O)c2cc3ccccc3o2)CC1. The van der Waals surface area contributed by atoms with Gasteiger partial charge in [0, 0.05) is 31.6 Å². The van der Waals surface area contributed by atoms with E-state index >= 15 is 0 Å². The number of amides is 2. The molecule has 0 spiro atoms. The number of carbonyl (C=O) groups is 2. The first kappa shape index (κ1) is 13.6. The van der Waals surface area contributed by atoms with Gasteiger partial charge in [-0.2, -0.15) is 0 Å². The Labute approximate surface area is 121 Å². The Kier molecular flexibility index (Phi) is 3.62. The van der Waals surface area contributed by atoms with Crippen LogP contribution in [0.1, 0.15) is 10.6 Å². The number of carbonyl (C=O) groups excluding carboxylic acids is 2. The Bertz CT molecular complexity index is 638. The van der Waals surface area contributed by atoms with Crippen molar-refractivity contribution in [3.8, 4) is 0 Å². The van der Waals surface area contributed by atoms with E-state index in [4.69, 9.17) is 9.52 Å². The predicted molar refractivity (Wildman–Crippen MR) is 75.8 cm³/mol. The fraction of sp³-hybridized carbons (Fsp3) is 0.333. The van der Waals surface area contributed by atoms with Crippen LogP contribution in [0.25, 0.3) is 11.0 Å². The minimum atomic E-state index is -0.489. The van der Waals surface area contributed by atoms with Gasteiger partial charge in [0.25, 0.3) is 5.91 Å². The normalized spacial score (nSPS) is 15.5. The molecule has 1 aliphatic rings. The molecule has 1 N–H and O–H groups in total. The van der Waals surface area contributed by atoms with Crippen LogP contribution in [0.4, 0.5) is 0 Å². The number of piperazine rings is 1. The van der Waals surface area contributed by atoms with Gasteiger partial charge in [-0.05, 0) is 12.1 Å². The highest BCUT2D eigenvalue weighted by molar-refractivity contribution is 5.96. The summed E-state index contributed by atoms with van der Waals surface area (Å²) in [6, 6.07) is 9.21. The quantitative estimate of drug-likeness (QED) is 0.883. The number of para-hydroxylation sites is 1. The smallest absolute Gasteiger partial charge is 0.289 e. The molecule has 0 saturated carbocycles. The second-order valence-corrected chi connectivity index (χ2v) is 4.98. The third kappa shape index (κ3) is 2.62. The number of furan rings is 1. The highest BCUT2D eigenvalue weighted by atomic mass is 16.3. The largest absolute Gasteiger partial charge is 0.451 e. The first-order valence-corrected chi connectivity index (χ1v) is 6.85. The molecule has 0 aliphatic carbocycles. The zero-order valence-electron chi connectivity index (χ0n) is 11.5. The van der Waals surface area contributed by atoms with Crippen LogP contribution in [0.3, 0.4) is 0 Å². The number of fused-ring (bicyclic) bond motifs is 1. The number of benzene rings is 1. The van der Waals surface area contributed by atoms with Crippen molar-refractivity contribution in [2.24, 2.45) is 0 Å². The van der Waals surface area contributed by atoms with Gasteiger partial charge < -0.3 is 19.3 Å². The maximum Gasteiger partial charge on any atom is 0.289 e. The van der Waals surface area contributed by atoms with Crippen LogP contribution in [-0.2, 0) is 4.79 Å². The van der Waals surface area contributed by atoms with Gasteiger partial charge in [-0.1, -0.05) is 18.2 Å². The fourth-order valence-corrected chi connectivity index (χ4v) is 2.50. The van der Waals surface area contributed by atoms with Gasteiger partial charge in [0.2, 0.25) is 5.91 Å². The van der Waals surface area contributed by atoms with Crippen LogP contribution in [-0.4, -0.2) is 59.5 Å². The van der Waals surface area contributed by atoms with Crippen molar-refractivity contribution in [2.45, 2.75) is 0 Å². The number of hydrogen-bond donors (Lipinski definition) is 1. The van der Waals surface area contributed by atoms with Crippen molar-refractivity contribution in [3.63, 3.8) is 0 Å². The Morgan fingerprint density at radius 1 is 1.10 bits per heavy atom. The summed E-state index contributed by atoms with van der Waals surface area (Å²) in [5, 5.41) is 9.73. The number of aliphatic hydroxyl groups excluding tert-OH is 1. The summed E-state index contributed by atoms with van der Waals surface area (Å²) in [6.07, 6.45) is 0. The van der Waals surface area contributed by atoms with Crippen LogP contribution >= 0.6 is 0 Å². The Hall–Kier alpha value is -2.34. The molecule has 0 radical (unpaired) electrons. The molecule has 1 aromatic carbocycles. The topological polar surface area (TPSA) is 74.0 Å². The lowest BCUT2D eigenvalue weighted by molar-refractivity contribution is -0.135. The van der Waals surface area contributed by atoms with Gasteiger partial charge in [-0.3, -0.25) is 9.59 Å². The van der Waals surface area contributed by atoms with E-state index in [9.17, 15) is 9.59 Å². The van der Waals surface area contributed by atoms with Crippen LogP contribution in [0.2, 0.25) is 0 Å². The lowest BCUT2D eigenvalue weighted by Gasteiger charge is -2.33. The van der Waals surface area contributed by atoms with E-state index in [-0.39, 0.29) is 11.8 Å². The molecule has 2 amide bonds. The summed E-state index contributed by atoms with van der Waals surface area (Å²) < 4.78 is 5.57. The van der Waals surface area contributed by atoms with Crippen LogP contribution in [0.5, 0.6) is 0 Å². The lowest BCUT2D eigenvalue weighted by Crippen LogP contribution is -2.51. The van der Waals surface area contributed by atoms with Crippen molar-refractivity contribution < 1.29 is 19.1 Å². The molecular weight excluding hydrogens is 272 g/mol. The molecule has 0 unspecified atom stereocenters. The Morgan fingerprint density at radius 3 is 2.43 bits per heavy atom. The van der Waals surface area contributed by atoms with E-state index in [2.05, 4.69) is 0 Å². The van der Waals surface area contributed by atoms with Crippen LogP contribution < -0.4 is 0 Å². The molecule has 2 aromatic rings. The van der Waals surface area contributed by atoms with Gasteiger partial charge in [0.1, 0.15) is 12.2 Å². The number of aliphatic hydroxyl groups is 1. The molecule has 6 heteroatoms. The fourth-order valence-electron chi connectivity index (χ4n) is 2.50. The van der Waals surface area contributed by atoms with E-state index in [1.54, 1.807) is 15.9 Å². The van der Waals surface area contributed by atoms with Crippen LogP contribution in [0, 0.1) is 0 Å². The third-order valence-corrected chi connectivity index (χ3v) is 3.69. The predicted octanol–water partition coefficient (Wildman–Crippen LogP) is 0.709. The summed E-state index contributed by atoms with van der Waals surface area (Å²) >= 11 is 0. The first-order valence-electron chi connectivity index (χ1n) is 6.85. The molecule has 2 heterocycles. The molecular formula is C15H16N2O4. The molecule has 1 saturated heterocycles. The van der Waals surface area contributed by atoms with E-state index in [0.717, 1.165) is 5.39 Å². The zero-order valence-corrected chi connectivity index (χ0v) is 11.5. The second-order valence-electron chi connectivity index (χ2n) is 4.98. The summed E-state index contributed by atoms with van der Waals surface area (Å²) in [5.74, 6) is -0.147. The minimum Gasteiger partial charge on any atom is -0.451 e. The molecule has 3 rings (SSSR count). The Morgan fingerprint density at radius 2 is 1.76 bits per heavy atom. The summed E-state index contributed by atoms with van der Waals surface area (Å²) in [5.41, 5.74) is 0.690. The third-order valence-electron chi connectivity index (χ3n) is 3.69. The molecule has 1 aromatic heterocycles. The standard InChI is InChI=1S/C15H16N2O4/c18-10-14(19)16-5-7-17(8-6-16)15(20)13-9-11-3-1-2-4-12(11)21-13/h1-4,9,18H,5-8,10H2. The molecule has 0 atom stereocenters. The maximum absolute atomic E-state index is 12.4. The molecule has 110 valence electrons. The van der Waals surface area contributed by atoms with Crippen molar-refractivity contribution >= 4 is 22.8 Å². The highest BCUT2D eigenvalue weighted by Crippen LogP contribution is 2.20. The van der Waals surface area contributed by atoms with E-state index in [1.165, 1.54) is 0 Å². The summed E-state index contributed by atoms with van der Waals surface area (Å²) in [6.45, 7) is 1.28. The lowest BCUT2D eigenvalue weighted by atomic mass is 10.2. The first-order chi connectivity index (χ1) is 10.2. The summed E-state index contributed by atoms with van der Waals surface area (Å²) in [4.78, 5) is 27.0. The van der Waals surface area contributed by atoms with E-state index < -0.39 is 6.61 Å². The van der Waals surface area contributed by atoms with E-state index in [1.807, 2.05) is 24.3 Å². The zero-order chi connectivity index (χ0) is 14.8. The number of nitrogens with zero attached hydrogens (tertiary/aromatic N) is 2. The molecule has 0 bridgehead atoms. The van der Waals surface area contributed by atoms with Gasteiger partial charge in [-0.25, -0.2) is 0 Å². The van der Waals surface area contributed by atoms with Crippen molar-refractivity contribution in [3.05, 3.63) is 36.1 Å². The minimum absolute atomic E-state index is 0.165. The van der Waals surface area contributed by atoms with Gasteiger partial charge in [0.05, 0.1) is 0 Å². The van der Waals surface area contributed by atoms with Crippen molar-refractivity contribution in [2.75, 3.05) is 32.8 Å². The molecule has 1 aliphatic heterocycles. The van der Waals surface area contributed by atoms with Gasteiger partial charge in [-0.15, -0.1) is 0 Å². The Balaban J connectivity index is 1.70. The monoisotopic (exact) mass is 288 g/mol. The molecule has 21 heavy (non-hydrogen) atoms. The van der Waals surface area contributed by atoms with Gasteiger partial charge in [0.15, 0.2) is 5.76 Å². The van der Waals surface area contributed by atoms with Gasteiger partial charge >= 0.3 is 0 Å². The molecule has 1 fully saturated rings. The molecule has 6 nitrogen and oxygen atoms in total. The average Bonchev–Trinajstić information content (AvgIpc) is 2.97. The second kappa shape index (κ2) is 5.57. The van der Waals surface area contributed by atoms with E-state index in [0.29, 0.717) is 37.5 Å². The highest BCUT2D eigenvalue weighted by Gasteiger charge is 2.26. The number of rotatable bonds is 2.